The number of carbonyl (C=O) groups is 1. The third-order valence-electron chi connectivity index (χ3n) is 2.34. The molecule has 4 nitrogen and oxygen atoms in total. The van der Waals surface area contributed by atoms with Crippen LogP contribution >= 0.6 is 0 Å². The number of carbonyl (C=O) groups excluding carboxylic acids is 1. The minimum absolute atomic E-state index is 0.150. The Bertz CT molecular complexity index is 359. The summed E-state index contributed by atoms with van der Waals surface area (Å²) in [6.45, 7) is 0.771. The van der Waals surface area contributed by atoms with Crippen molar-refractivity contribution in [3.05, 3.63) is 29.2 Å². The number of hydrogen-bond donors (Lipinski definition) is 0. The molecule has 1 aliphatic heterocycles. The standard InChI is InChI=1S/C10H10N2O2/c13-10-2-1-7-12(10)9-5-3-8(11-14)4-6-9/h3-6H,1-2,7H2. The van der Waals surface area contributed by atoms with Crippen LogP contribution in [0.5, 0.6) is 0 Å². The average Bonchev–Trinajstić information content (AvgIpc) is 2.65. The molecule has 4 heteroatoms. The van der Waals surface area contributed by atoms with Crippen LogP contribution in [-0.2, 0) is 4.79 Å². The summed E-state index contributed by atoms with van der Waals surface area (Å²) in [6, 6.07) is 6.74. The first-order valence-corrected chi connectivity index (χ1v) is 4.55. The fraction of sp³-hybridized carbons (Fsp3) is 0.300. The molecule has 0 atom stereocenters. The Morgan fingerprint density at radius 2 is 1.93 bits per heavy atom. The Balaban J connectivity index is 2.24. The highest BCUT2D eigenvalue weighted by molar-refractivity contribution is 5.95. The Morgan fingerprint density at radius 3 is 2.43 bits per heavy atom. The molecule has 0 saturated carbocycles. The minimum Gasteiger partial charge on any atom is -0.312 e. The zero-order chi connectivity index (χ0) is 9.97. The molecule has 1 aliphatic rings. The smallest absolute Gasteiger partial charge is 0.227 e. The van der Waals surface area contributed by atoms with E-state index in [2.05, 4.69) is 5.18 Å². The van der Waals surface area contributed by atoms with Crippen molar-refractivity contribution < 1.29 is 4.79 Å². The lowest BCUT2D eigenvalue weighted by molar-refractivity contribution is -0.117. The van der Waals surface area contributed by atoms with Gasteiger partial charge in [-0.05, 0) is 35.9 Å². The molecule has 0 spiro atoms. The number of hydrogen-bond acceptors (Lipinski definition) is 3. The predicted octanol–water partition coefficient (Wildman–Crippen LogP) is 2.21. The van der Waals surface area contributed by atoms with Gasteiger partial charge in [-0.2, -0.15) is 0 Å². The second-order valence-electron chi connectivity index (χ2n) is 3.26. The molecule has 1 aromatic carbocycles. The second kappa shape index (κ2) is 3.57. The van der Waals surface area contributed by atoms with Crippen LogP contribution in [0.3, 0.4) is 0 Å². The quantitative estimate of drug-likeness (QED) is 0.671. The maximum atomic E-state index is 11.4. The molecule has 1 heterocycles. The number of amides is 1. The molecule has 1 aromatic rings. The fourth-order valence-corrected chi connectivity index (χ4v) is 1.61. The highest BCUT2D eigenvalue weighted by Crippen LogP contribution is 2.23. The van der Waals surface area contributed by atoms with E-state index < -0.39 is 0 Å². The molecule has 14 heavy (non-hydrogen) atoms. The van der Waals surface area contributed by atoms with Gasteiger partial charge in [0.25, 0.3) is 0 Å². The van der Waals surface area contributed by atoms with Crippen LogP contribution in [-0.4, -0.2) is 12.5 Å². The molecule has 0 bridgehead atoms. The van der Waals surface area contributed by atoms with Gasteiger partial charge in [0, 0.05) is 18.7 Å². The van der Waals surface area contributed by atoms with E-state index in [4.69, 9.17) is 0 Å². The Morgan fingerprint density at radius 1 is 1.21 bits per heavy atom. The van der Waals surface area contributed by atoms with Crippen LogP contribution in [0.4, 0.5) is 11.4 Å². The largest absolute Gasteiger partial charge is 0.312 e. The van der Waals surface area contributed by atoms with E-state index in [-0.39, 0.29) is 5.91 Å². The molecule has 1 fully saturated rings. The predicted molar refractivity (Wildman–Crippen MR) is 53.5 cm³/mol. The highest BCUT2D eigenvalue weighted by Gasteiger charge is 2.21. The van der Waals surface area contributed by atoms with Crippen LogP contribution in [0.2, 0.25) is 0 Å². The molecule has 1 saturated heterocycles. The molecule has 0 aromatic heterocycles. The molecular formula is C10H10N2O2. The topological polar surface area (TPSA) is 49.7 Å². The lowest BCUT2D eigenvalue weighted by atomic mass is 10.2. The van der Waals surface area contributed by atoms with E-state index in [9.17, 15) is 9.70 Å². The molecule has 0 aliphatic carbocycles. The molecule has 0 N–H and O–H groups in total. The first kappa shape index (κ1) is 8.87. The Labute approximate surface area is 81.5 Å². The fourth-order valence-electron chi connectivity index (χ4n) is 1.61. The highest BCUT2D eigenvalue weighted by atomic mass is 16.3. The Kier molecular flexibility index (Phi) is 2.26. The van der Waals surface area contributed by atoms with Gasteiger partial charge in [-0.25, -0.2) is 0 Å². The third kappa shape index (κ3) is 1.51. The van der Waals surface area contributed by atoms with Gasteiger partial charge in [0.2, 0.25) is 5.91 Å². The first-order chi connectivity index (χ1) is 6.81. The van der Waals surface area contributed by atoms with Gasteiger partial charge < -0.3 is 4.90 Å². The molecule has 1 amide bonds. The van der Waals surface area contributed by atoms with E-state index in [1.807, 2.05) is 0 Å². The normalized spacial score (nSPS) is 16.0. The number of nitroso groups, excluding NO2 is 1. The molecule has 0 unspecified atom stereocenters. The van der Waals surface area contributed by atoms with Crippen LogP contribution < -0.4 is 4.90 Å². The van der Waals surface area contributed by atoms with Gasteiger partial charge >= 0.3 is 0 Å². The van der Waals surface area contributed by atoms with Crippen molar-refractivity contribution in [1.82, 2.24) is 0 Å². The summed E-state index contributed by atoms with van der Waals surface area (Å²) in [7, 11) is 0. The van der Waals surface area contributed by atoms with Crippen molar-refractivity contribution in [2.24, 2.45) is 5.18 Å². The van der Waals surface area contributed by atoms with Crippen LogP contribution in [0.1, 0.15) is 12.8 Å². The summed E-state index contributed by atoms with van der Waals surface area (Å²) in [4.78, 5) is 23.3. The second-order valence-corrected chi connectivity index (χ2v) is 3.26. The lowest BCUT2D eigenvalue weighted by Crippen LogP contribution is -2.23. The van der Waals surface area contributed by atoms with Crippen molar-refractivity contribution in [3.63, 3.8) is 0 Å². The molecule has 2 rings (SSSR count). The van der Waals surface area contributed by atoms with Gasteiger partial charge in [-0.1, -0.05) is 0 Å². The van der Waals surface area contributed by atoms with E-state index >= 15 is 0 Å². The number of benzene rings is 1. The van der Waals surface area contributed by atoms with Crippen LogP contribution in [0, 0.1) is 4.91 Å². The molecule has 72 valence electrons. The lowest BCUT2D eigenvalue weighted by Gasteiger charge is -2.14. The zero-order valence-corrected chi connectivity index (χ0v) is 7.64. The third-order valence-corrected chi connectivity index (χ3v) is 2.34. The van der Waals surface area contributed by atoms with Crippen molar-refractivity contribution in [3.8, 4) is 0 Å². The maximum absolute atomic E-state index is 11.4. The minimum atomic E-state index is 0.150. The van der Waals surface area contributed by atoms with E-state index in [1.54, 1.807) is 29.2 Å². The summed E-state index contributed by atoms with van der Waals surface area (Å²) in [6.07, 6.45) is 1.53. The van der Waals surface area contributed by atoms with Gasteiger partial charge in [-0.3, -0.25) is 4.79 Å². The van der Waals surface area contributed by atoms with Crippen molar-refractivity contribution in [2.75, 3.05) is 11.4 Å². The van der Waals surface area contributed by atoms with Gasteiger partial charge in [0.15, 0.2) is 0 Å². The number of anilines is 1. The van der Waals surface area contributed by atoms with E-state index in [0.29, 0.717) is 12.1 Å². The van der Waals surface area contributed by atoms with Crippen molar-refractivity contribution >= 4 is 17.3 Å². The summed E-state index contributed by atoms with van der Waals surface area (Å²) < 4.78 is 0. The van der Waals surface area contributed by atoms with Gasteiger partial charge in [-0.15, -0.1) is 4.91 Å². The Hall–Kier alpha value is -1.71. The number of rotatable bonds is 2. The molecule has 0 radical (unpaired) electrons. The van der Waals surface area contributed by atoms with Crippen LogP contribution in [0.25, 0.3) is 0 Å². The first-order valence-electron chi connectivity index (χ1n) is 4.55. The monoisotopic (exact) mass is 190 g/mol. The van der Waals surface area contributed by atoms with Gasteiger partial charge in [0.1, 0.15) is 5.69 Å². The average molecular weight is 190 g/mol. The summed E-state index contributed by atoms with van der Waals surface area (Å²) >= 11 is 0. The van der Waals surface area contributed by atoms with E-state index in [0.717, 1.165) is 18.7 Å². The summed E-state index contributed by atoms with van der Waals surface area (Å²) in [5.74, 6) is 0.150. The molecular weight excluding hydrogens is 180 g/mol. The number of nitrogens with zero attached hydrogens (tertiary/aromatic N) is 2. The van der Waals surface area contributed by atoms with Crippen LogP contribution in [0.15, 0.2) is 29.4 Å². The summed E-state index contributed by atoms with van der Waals surface area (Å²) in [5, 5.41) is 2.80. The van der Waals surface area contributed by atoms with Crippen molar-refractivity contribution in [2.45, 2.75) is 12.8 Å². The summed E-state index contributed by atoms with van der Waals surface area (Å²) in [5.41, 5.74) is 1.24. The van der Waals surface area contributed by atoms with Crippen molar-refractivity contribution in [1.29, 1.82) is 0 Å². The maximum Gasteiger partial charge on any atom is 0.227 e. The van der Waals surface area contributed by atoms with E-state index in [1.165, 1.54) is 0 Å². The van der Waals surface area contributed by atoms with Gasteiger partial charge in [0.05, 0.1) is 0 Å². The zero-order valence-electron chi connectivity index (χ0n) is 7.64. The SMILES string of the molecule is O=Nc1ccc(N2CCCC2=O)cc1.